The largest absolute Gasteiger partial charge is 0.478 e. The molecule has 0 saturated heterocycles. The molecule has 0 aliphatic carbocycles. The number of unbranched alkanes of at least 4 members (excludes halogenated alkanes) is 3. The first-order chi connectivity index (χ1) is 20.6. The van der Waals surface area contributed by atoms with Gasteiger partial charge in [0.1, 0.15) is 5.75 Å². The average molecular weight is 633 g/mol. The molecule has 236 valence electrons. The van der Waals surface area contributed by atoms with Crippen molar-refractivity contribution < 1.29 is 32.6 Å². The topological polar surface area (TPSA) is 122 Å². The number of carboxylic acids is 1. The van der Waals surface area contributed by atoms with Crippen molar-refractivity contribution >= 4 is 50.7 Å². The van der Waals surface area contributed by atoms with E-state index >= 15 is 0 Å². The summed E-state index contributed by atoms with van der Waals surface area (Å²) in [6.45, 7) is 7.12. The lowest BCUT2D eigenvalue weighted by atomic mass is 9.79. The Morgan fingerprint density at radius 1 is 1.05 bits per heavy atom. The number of carboxylic acid groups (broad SMARTS) is 1. The number of hydrogen-bond donors (Lipinski definition) is 2. The van der Waals surface area contributed by atoms with Gasteiger partial charge < -0.3 is 19.5 Å². The van der Waals surface area contributed by atoms with Crippen LogP contribution in [0.25, 0.3) is 0 Å². The second-order valence-corrected chi connectivity index (χ2v) is 13.7. The van der Waals surface area contributed by atoms with Crippen molar-refractivity contribution in [2.24, 2.45) is 5.41 Å². The van der Waals surface area contributed by atoms with E-state index in [1.54, 1.807) is 12.1 Å². The van der Waals surface area contributed by atoms with Crippen molar-refractivity contribution in [2.45, 2.75) is 81.9 Å². The molecule has 0 spiro atoms. The van der Waals surface area contributed by atoms with E-state index in [2.05, 4.69) is 24.1 Å². The van der Waals surface area contributed by atoms with Crippen LogP contribution in [0.1, 0.15) is 72.1 Å². The molecule has 0 fully saturated rings. The summed E-state index contributed by atoms with van der Waals surface area (Å²) >= 11 is 1.39. The highest BCUT2D eigenvalue weighted by atomic mass is 32.2. The number of benzene rings is 2. The molecule has 1 aliphatic rings. The predicted octanol–water partition coefficient (Wildman–Crippen LogP) is 8.03. The van der Waals surface area contributed by atoms with E-state index in [-0.39, 0.29) is 16.4 Å². The number of ether oxygens (including phenoxy) is 2. The quantitative estimate of drug-likeness (QED) is 0.0869. The Morgan fingerprint density at radius 3 is 2.28 bits per heavy atom. The van der Waals surface area contributed by atoms with Crippen LogP contribution in [0.2, 0.25) is 0 Å². The van der Waals surface area contributed by atoms with Crippen LogP contribution >= 0.6 is 11.8 Å². The fourth-order valence-corrected chi connectivity index (χ4v) is 7.96. The van der Waals surface area contributed by atoms with Crippen LogP contribution in [0.4, 0.5) is 21.9 Å². The molecular formula is C32H44N2O7S2. The number of carbonyl (C=O) groups excluding carboxylic acids is 1. The van der Waals surface area contributed by atoms with Gasteiger partial charge >= 0.3 is 12.1 Å². The number of nitrogens with zero attached hydrogens (tertiary/aromatic N) is 1. The highest BCUT2D eigenvalue weighted by Crippen LogP contribution is 2.48. The van der Waals surface area contributed by atoms with Crippen molar-refractivity contribution in [2.75, 3.05) is 35.4 Å². The summed E-state index contributed by atoms with van der Waals surface area (Å²) in [4.78, 5) is 26.1. The first-order valence-corrected chi connectivity index (χ1v) is 17.8. The monoisotopic (exact) mass is 632 g/mol. The normalized spacial score (nSPS) is 15.5. The third-order valence-corrected chi connectivity index (χ3v) is 10.3. The van der Waals surface area contributed by atoms with Crippen LogP contribution < -0.4 is 15.0 Å². The molecule has 0 aromatic heterocycles. The Hall–Kier alpha value is -3.18. The van der Waals surface area contributed by atoms with Crippen LogP contribution in [0.3, 0.4) is 0 Å². The molecule has 9 nitrogen and oxygen atoms in total. The van der Waals surface area contributed by atoms with E-state index in [4.69, 9.17) is 14.6 Å². The van der Waals surface area contributed by atoms with E-state index in [9.17, 15) is 18.0 Å². The molecule has 11 heteroatoms. The number of fused-ring (bicyclic) bond motifs is 1. The number of aliphatic carboxylic acids is 1. The number of anilines is 3. The number of sulfone groups is 1. The zero-order valence-corrected chi connectivity index (χ0v) is 27.2. The Labute approximate surface area is 259 Å². The van der Waals surface area contributed by atoms with Gasteiger partial charge in [-0.25, -0.2) is 18.0 Å². The molecule has 1 amide bonds. The van der Waals surface area contributed by atoms with Gasteiger partial charge in [0.25, 0.3) is 0 Å². The van der Waals surface area contributed by atoms with Gasteiger partial charge in [0, 0.05) is 29.4 Å². The molecule has 2 N–H and O–H groups in total. The molecule has 0 atom stereocenters. The Kier molecular flexibility index (Phi) is 12.8. The molecular weight excluding hydrogens is 588 g/mol. The second kappa shape index (κ2) is 16.0. The van der Waals surface area contributed by atoms with Crippen LogP contribution in [0, 0.1) is 5.41 Å². The zero-order valence-electron chi connectivity index (χ0n) is 25.6. The van der Waals surface area contributed by atoms with Gasteiger partial charge in [-0.15, -0.1) is 11.8 Å². The zero-order chi connectivity index (χ0) is 31.5. The summed E-state index contributed by atoms with van der Waals surface area (Å²) in [6.07, 6.45) is 10.3. The summed E-state index contributed by atoms with van der Waals surface area (Å²) in [5.74, 6) is -0.874. The van der Waals surface area contributed by atoms with E-state index in [1.165, 1.54) is 17.8 Å². The lowest BCUT2D eigenvalue weighted by Gasteiger charge is -2.37. The van der Waals surface area contributed by atoms with Gasteiger partial charge in [0.2, 0.25) is 0 Å². The number of carbonyl (C=O) groups is 2. The Morgan fingerprint density at radius 2 is 1.70 bits per heavy atom. The summed E-state index contributed by atoms with van der Waals surface area (Å²) < 4.78 is 39.2. The van der Waals surface area contributed by atoms with Crippen molar-refractivity contribution in [3.8, 4) is 5.75 Å². The second-order valence-electron chi connectivity index (χ2n) is 10.9. The van der Waals surface area contributed by atoms with Gasteiger partial charge in [0.05, 0.1) is 40.2 Å². The van der Waals surface area contributed by atoms with Crippen LogP contribution in [-0.4, -0.2) is 50.7 Å². The number of amides is 1. The highest BCUT2D eigenvalue weighted by Gasteiger charge is 2.42. The molecule has 2 aromatic rings. The summed E-state index contributed by atoms with van der Waals surface area (Å²) in [6, 6.07) is 10.7. The first kappa shape index (κ1) is 34.3. The minimum atomic E-state index is -3.76. The van der Waals surface area contributed by atoms with E-state index in [0.717, 1.165) is 69.4 Å². The molecule has 1 aliphatic heterocycles. The number of thioether (sulfide) groups is 1. The third kappa shape index (κ3) is 9.40. The maximum atomic E-state index is 14.2. The summed E-state index contributed by atoms with van der Waals surface area (Å²) in [5, 5.41) is 11.8. The predicted molar refractivity (Wildman–Crippen MR) is 172 cm³/mol. The van der Waals surface area contributed by atoms with Crippen molar-refractivity contribution in [3.63, 3.8) is 0 Å². The number of rotatable bonds is 15. The standard InChI is InChI=1S/C32H44N2O7S2/c1-5-8-16-32(17-9-6-2)22-34(25-13-11-24(12-14-25)33-31(37)41-18-10-7-3)26-20-28(42-4)27(40-19-15-30(35)36)21-29(26)43(38,39)23-32/h11-15,19-21H,5-10,16-18,22-23H2,1-4H3,(H,33,37)(H,35,36)/b19-15+. The molecule has 43 heavy (non-hydrogen) atoms. The van der Waals surface area contributed by atoms with Gasteiger partial charge in [-0.1, -0.05) is 52.9 Å². The number of hydrogen-bond acceptors (Lipinski definition) is 8. The van der Waals surface area contributed by atoms with Gasteiger partial charge in [-0.05, 0) is 55.9 Å². The molecule has 1 heterocycles. The summed E-state index contributed by atoms with van der Waals surface area (Å²) in [7, 11) is -3.76. The molecule has 0 bridgehead atoms. The number of nitrogens with one attached hydrogen (secondary N) is 1. The molecule has 0 radical (unpaired) electrons. The SMILES string of the molecule is CCCCOC(=O)Nc1ccc(N2CC(CCCC)(CCCC)CS(=O)(=O)c3cc(O/C=C/C(=O)O)c(SC)cc32)cc1. The molecule has 0 saturated carbocycles. The van der Waals surface area contributed by atoms with Gasteiger partial charge in [-0.2, -0.15) is 0 Å². The maximum Gasteiger partial charge on any atom is 0.411 e. The van der Waals surface area contributed by atoms with E-state index < -0.39 is 27.3 Å². The van der Waals surface area contributed by atoms with E-state index in [0.29, 0.717) is 29.4 Å². The van der Waals surface area contributed by atoms with Crippen LogP contribution in [0.5, 0.6) is 5.75 Å². The third-order valence-electron chi connectivity index (χ3n) is 7.54. The summed E-state index contributed by atoms with van der Waals surface area (Å²) in [5.41, 5.74) is 1.45. The van der Waals surface area contributed by atoms with Crippen LogP contribution in [-0.2, 0) is 19.4 Å². The molecule has 3 rings (SSSR count). The maximum absolute atomic E-state index is 14.2. The first-order valence-electron chi connectivity index (χ1n) is 14.9. The minimum absolute atomic E-state index is 0.00968. The van der Waals surface area contributed by atoms with E-state index in [1.807, 2.05) is 31.4 Å². The lowest BCUT2D eigenvalue weighted by Crippen LogP contribution is -2.38. The van der Waals surface area contributed by atoms with Gasteiger partial charge in [0.15, 0.2) is 9.84 Å². The molecule has 0 unspecified atom stereocenters. The average Bonchev–Trinajstić information content (AvgIpc) is 3.06. The lowest BCUT2D eigenvalue weighted by molar-refractivity contribution is -0.131. The van der Waals surface area contributed by atoms with Crippen molar-refractivity contribution in [1.29, 1.82) is 0 Å². The van der Waals surface area contributed by atoms with Crippen LogP contribution in [0.15, 0.2) is 58.5 Å². The highest BCUT2D eigenvalue weighted by molar-refractivity contribution is 7.98. The fraction of sp³-hybridized carbons (Fsp3) is 0.500. The minimum Gasteiger partial charge on any atom is -0.478 e. The van der Waals surface area contributed by atoms with Crippen molar-refractivity contribution in [3.05, 3.63) is 48.7 Å². The van der Waals surface area contributed by atoms with Gasteiger partial charge in [-0.3, -0.25) is 5.32 Å². The Balaban J connectivity index is 2.12. The van der Waals surface area contributed by atoms with Crippen molar-refractivity contribution in [1.82, 2.24) is 0 Å². The Bertz CT molecular complexity index is 1370. The smallest absolute Gasteiger partial charge is 0.411 e. The molecule has 2 aromatic carbocycles. The fourth-order valence-electron chi connectivity index (χ4n) is 5.30.